The number of anilines is 1. The molecule has 86 valence electrons. The molecule has 0 aliphatic carbocycles. The Morgan fingerprint density at radius 1 is 1.44 bits per heavy atom. The third-order valence-corrected chi connectivity index (χ3v) is 2.75. The van der Waals surface area contributed by atoms with E-state index in [2.05, 4.69) is 15.6 Å². The third kappa shape index (κ3) is 2.66. The lowest BCUT2D eigenvalue weighted by atomic mass is 10.1. The minimum Gasteiger partial charge on any atom is -0.367 e. The monoisotopic (exact) mass is 223 g/mol. The summed E-state index contributed by atoms with van der Waals surface area (Å²) in [7, 11) is 0. The molecule has 1 aromatic rings. The van der Waals surface area contributed by atoms with Crippen molar-refractivity contribution in [2.24, 2.45) is 0 Å². The molecule has 1 aliphatic rings. The van der Waals surface area contributed by atoms with Gasteiger partial charge in [-0.05, 0) is 6.07 Å². The van der Waals surface area contributed by atoms with Crippen LogP contribution in [0.15, 0.2) is 18.3 Å². The van der Waals surface area contributed by atoms with Gasteiger partial charge in [0.25, 0.3) is 5.69 Å². The maximum atomic E-state index is 10.4. The van der Waals surface area contributed by atoms with Gasteiger partial charge in [0.2, 0.25) is 0 Å². The van der Waals surface area contributed by atoms with Gasteiger partial charge in [0.1, 0.15) is 12.0 Å². The van der Waals surface area contributed by atoms with Crippen molar-refractivity contribution in [2.75, 3.05) is 18.4 Å². The minimum atomic E-state index is -0.438. The number of piperidine rings is 1. The summed E-state index contributed by atoms with van der Waals surface area (Å²) in [6.45, 7) is 2.26. The molecule has 1 aromatic heterocycles. The molecule has 16 heavy (non-hydrogen) atoms. The van der Waals surface area contributed by atoms with E-state index in [-0.39, 0.29) is 5.69 Å². The number of nitrogens with zero attached hydrogens (tertiary/aromatic N) is 2. The lowest BCUT2D eigenvalue weighted by molar-refractivity contribution is -0.662. The Balaban J connectivity index is 1.96. The predicted octanol–water partition coefficient (Wildman–Crippen LogP) is 0.127. The molecular weight excluding hydrogens is 208 g/mol. The van der Waals surface area contributed by atoms with Gasteiger partial charge in [-0.15, -0.1) is 0 Å². The zero-order valence-corrected chi connectivity index (χ0v) is 8.93. The van der Waals surface area contributed by atoms with Crippen LogP contribution in [0.3, 0.4) is 0 Å². The Morgan fingerprint density at radius 2 is 2.19 bits per heavy atom. The van der Waals surface area contributed by atoms with Crippen LogP contribution in [0.5, 0.6) is 0 Å². The van der Waals surface area contributed by atoms with E-state index >= 15 is 0 Å². The second-order valence-electron chi connectivity index (χ2n) is 3.94. The van der Waals surface area contributed by atoms with Gasteiger partial charge in [-0.3, -0.25) is 10.1 Å². The van der Waals surface area contributed by atoms with Crippen molar-refractivity contribution in [3.63, 3.8) is 0 Å². The number of nitrogens with one attached hydrogen (secondary N) is 1. The summed E-state index contributed by atoms with van der Waals surface area (Å²) in [6.07, 6.45) is 3.51. The van der Waals surface area contributed by atoms with Gasteiger partial charge in [0, 0.05) is 24.9 Å². The average Bonchev–Trinajstić information content (AvgIpc) is 2.31. The molecule has 0 radical (unpaired) electrons. The summed E-state index contributed by atoms with van der Waals surface area (Å²) >= 11 is 0. The fraction of sp³-hybridized carbons (Fsp3) is 0.500. The van der Waals surface area contributed by atoms with E-state index in [1.165, 1.54) is 12.3 Å². The van der Waals surface area contributed by atoms with E-state index in [1.54, 1.807) is 6.07 Å². The normalized spacial score (nSPS) is 17.0. The fourth-order valence-electron chi connectivity index (χ4n) is 1.86. The fourth-order valence-corrected chi connectivity index (χ4v) is 1.86. The Morgan fingerprint density at radius 3 is 2.75 bits per heavy atom. The van der Waals surface area contributed by atoms with Crippen LogP contribution in [-0.2, 0) is 0 Å². The summed E-state index contributed by atoms with van der Waals surface area (Å²) < 4.78 is 0. The molecule has 0 amide bonds. The zero-order valence-electron chi connectivity index (χ0n) is 8.93. The van der Waals surface area contributed by atoms with Gasteiger partial charge < -0.3 is 10.6 Å². The number of hydrogen-bond acceptors (Lipinski definition) is 4. The first-order chi connectivity index (χ1) is 7.75. The molecule has 0 spiro atoms. The van der Waals surface area contributed by atoms with E-state index in [0.717, 1.165) is 31.7 Å². The van der Waals surface area contributed by atoms with E-state index in [9.17, 15) is 10.1 Å². The van der Waals surface area contributed by atoms with E-state index in [1.807, 2.05) is 0 Å². The molecule has 0 atom stereocenters. The van der Waals surface area contributed by atoms with Gasteiger partial charge >= 0.3 is 0 Å². The number of rotatable bonds is 3. The topological polar surface area (TPSA) is 84.7 Å². The molecular formula is C10H15N4O2+. The third-order valence-electron chi connectivity index (χ3n) is 2.75. The van der Waals surface area contributed by atoms with Crippen LogP contribution < -0.4 is 10.6 Å². The van der Waals surface area contributed by atoms with Crippen LogP contribution in [0.4, 0.5) is 11.5 Å². The van der Waals surface area contributed by atoms with Crippen molar-refractivity contribution in [1.82, 2.24) is 4.98 Å². The highest BCUT2D eigenvalue weighted by Crippen LogP contribution is 2.14. The van der Waals surface area contributed by atoms with E-state index in [4.69, 9.17) is 0 Å². The maximum Gasteiger partial charge on any atom is 0.287 e. The molecule has 0 aromatic carbocycles. The maximum absolute atomic E-state index is 10.4. The van der Waals surface area contributed by atoms with E-state index < -0.39 is 4.92 Å². The standard InChI is InChI=1S/C10H14N4O2/c15-14(16)9-1-2-10(12-7-9)13-8-3-5-11-6-4-8/h1-2,7-8,11H,3-6H2,(H,12,13)/p+1. The molecule has 0 saturated carbocycles. The lowest BCUT2D eigenvalue weighted by Gasteiger charge is -2.21. The van der Waals surface area contributed by atoms with Crippen LogP contribution in [0, 0.1) is 10.1 Å². The first-order valence-corrected chi connectivity index (χ1v) is 5.44. The van der Waals surface area contributed by atoms with Gasteiger partial charge in [-0.25, -0.2) is 4.98 Å². The molecule has 1 fully saturated rings. The predicted molar refractivity (Wildman–Crippen MR) is 59.2 cm³/mol. The molecule has 2 rings (SSSR count). The quantitative estimate of drug-likeness (QED) is 0.563. The lowest BCUT2D eigenvalue weighted by Crippen LogP contribution is -2.87. The van der Waals surface area contributed by atoms with Crippen LogP contribution in [-0.4, -0.2) is 29.0 Å². The second-order valence-corrected chi connectivity index (χ2v) is 3.94. The van der Waals surface area contributed by atoms with Crippen molar-refractivity contribution in [2.45, 2.75) is 18.9 Å². The van der Waals surface area contributed by atoms with Gasteiger partial charge in [0.15, 0.2) is 0 Å². The highest BCUT2D eigenvalue weighted by molar-refractivity contribution is 5.40. The number of pyridine rings is 1. The van der Waals surface area contributed by atoms with Crippen LogP contribution in [0.2, 0.25) is 0 Å². The molecule has 1 saturated heterocycles. The summed E-state index contributed by atoms with van der Waals surface area (Å²) in [5.74, 6) is 0.720. The SMILES string of the molecule is O=[N+]([O-])c1ccc(NC2CC[NH2+]CC2)nc1. The first-order valence-electron chi connectivity index (χ1n) is 5.44. The number of nitro groups is 1. The largest absolute Gasteiger partial charge is 0.367 e. The summed E-state index contributed by atoms with van der Waals surface area (Å²) in [6, 6.07) is 3.58. The summed E-state index contributed by atoms with van der Waals surface area (Å²) in [5, 5.41) is 16.0. The van der Waals surface area contributed by atoms with Crippen molar-refractivity contribution in [1.29, 1.82) is 0 Å². The number of aromatic nitrogens is 1. The number of hydrogen-bond donors (Lipinski definition) is 2. The molecule has 3 N–H and O–H groups in total. The number of nitrogens with two attached hydrogens (primary N) is 1. The molecule has 0 bridgehead atoms. The van der Waals surface area contributed by atoms with Crippen LogP contribution >= 0.6 is 0 Å². The van der Waals surface area contributed by atoms with Crippen molar-refractivity contribution < 1.29 is 10.2 Å². The first kappa shape index (κ1) is 10.8. The Bertz CT molecular complexity index is 360. The Kier molecular flexibility index (Phi) is 3.31. The van der Waals surface area contributed by atoms with Crippen LogP contribution in [0.1, 0.15) is 12.8 Å². The summed E-state index contributed by atoms with van der Waals surface area (Å²) in [4.78, 5) is 14.0. The highest BCUT2D eigenvalue weighted by Gasteiger charge is 2.15. The van der Waals surface area contributed by atoms with Crippen LogP contribution in [0.25, 0.3) is 0 Å². The van der Waals surface area contributed by atoms with Crippen molar-refractivity contribution >= 4 is 11.5 Å². The Labute approximate surface area is 93.2 Å². The molecule has 0 unspecified atom stereocenters. The van der Waals surface area contributed by atoms with Gasteiger partial charge in [-0.1, -0.05) is 0 Å². The highest BCUT2D eigenvalue weighted by atomic mass is 16.6. The minimum absolute atomic E-state index is 0.0301. The molecule has 6 nitrogen and oxygen atoms in total. The zero-order chi connectivity index (χ0) is 11.4. The van der Waals surface area contributed by atoms with Crippen molar-refractivity contribution in [3.05, 3.63) is 28.4 Å². The summed E-state index contributed by atoms with van der Waals surface area (Å²) in [5.41, 5.74) is 0.0301. The molecule has 2 heterocycles. The average molecular weight is 223 g/mol. The van der Waals surface area contributed by atoms with Gasteiger partial charge in [0.05, 0.1) is 18.0 Å². The van der Waals surface area contributed by atoms with E-state index in [0.29, 0.717) is 6.04 Å². The van der Waals surface area contributed by atoms with Gasteiger partial charge in [-0.2, -0.15) is 0 Å². The Hall–Kier alpha value is -1.69. The smallest absolute Gasteiger partial charge is 0.287 e. The molecule has 6 heteroatoms. The number of quaternary nitrogens is 1. The van der Waals surface area contributed by atoms with Crippen molar-refractivity contribution in [3.8, 4) is 0 Å². The second kappa shape index (κ2) is 4.89. The molecule has 1 aliphatic heterocycles.